The third-order valence-electron chi connectivity index (χ3n) is 7.09. The van der Waals surface area contributed by atoms with Crippen molar-refractivity contribution >= 4 is 32.7 Å². The van der Waals surface area contributed by atoms with Crippen LogP contribution in [0.1, 0.15) is 57.5 Å². The van der Waals surface area contributed by atoms with Gasteiger partial charge in [-0.25, -0.2) is 27.5 Å². The maximum atomic E-state index is 13.4. The summed E-state index contributed by atoms with van der Waals surface area (Å²) < 4.78 is 29.9. The smallest absolute Gasteiger partial charge is 0.278 e. The van der Waals surface area contributed by atoms with Crippen molar-refractivity contribution in [3.8, 4) is 5.69 Å². The Labute approximate surface area is 234 Å². The molecule has 0 unspecified atom stereocenters. The van der Waals surface area contributed by atoms with E-state index in [2.05, 4.69) is 46.8 Å². The fourth-order valence-electron chi connectivity index (χ4n) is 4.97. The Morgan fingerprint density at radius 3 is 2.55 bits per heavy atom. The van der Waals surface area contributed by atoms with Gasteiger partial charge < -0.3 is 5.32 Å². The van der Waals surface area contributed by atoms with Crippen molar-refractivity contribution in [2.45, 2.75) is 59.0 Å². The molecule has 0 fully saturated rings. The highest BCUT2D eigenvalue weighted by molar-refractivity contribution is 7.89. The van der Waals surface area contributed by atoms with Crippen LogP contribution in [0.2, 0.25) is 0 Å². The van der Waals surface area contributed by atoms with Gasteiger partial charge in [-0.05, 0) is 62.7 Å². The highest BCUT2D eigenvalue weighted by atomic mass is 32.2. The van der Waals surface area contributed by atoms with Crippen LogP contribution in [0.5, 0.6) is 0 Å². The monoisotopic (exact) mass is 564 g/mol. The van der Waals surface area contributed by atoms with Crippen LogP contribution < -0.4 is 15.6 Å². The largest absolute Gasteiger partial charge is 0.324 e. The molecule has 1 aromatic carbocycles. The van der Waals surface area contributed by atoms with E-state index in [4.69, 9.17) is 4.98 Å². The normalized spacial score (nSPS) is 14.6. The lowest BCUT2D eigenvalue weighted by Crippen LogP contribution is -2.38. The summed E-state index contributed by atoms with van der Waals surface area (Å²) in [5, 5.41) is 3.74. The number of rotatable bonds is 7. The zero-order valence-corrected chi connectivity index (χ0v) is 24.6. The molecular weight excluding hydrogens is 528 g/mol. The summed E-state index contributed by atoms with van der Waals surface area (Å²) in [7, 11) is -1.88. The number of nitrogens with one attached hydrogen (secondary N) is 2. The first kappa shape index (κ1) is 27.9. The number of benzene rings is 1. The molecule has 40 heavy (non-hydrogen) atoms. The van der Waals surface area contributed by atoms with Crippen molar-refractivity contribution in [3.05, 3.63) is 69.9 Å². The fraction of sp³-hybridized carbons (Fsp3) is 0.429. The van der Waals surface area contributed by atoms with Crippen molar-refractivity contribution in [2.75, 3.05) is 24.8 Å². The number of pyridine rings is 1. The molecule has 0 amide bonds. The first-order valence-electron chi connectivity index (χ1n) is 13.4. The van der Waals surface area contributed by atoms with Gasteiger partial charge in [-0.15, -0.1) is 0 Å². The van der Waals surface area contributed by atoms with Crippen LogP contribution in [-0.4, -0.2) is 57.1 Å². The van der Waals surface area contributed by atoms with Crippen LogP contribution in [0.25, 0.3) is 16.7 Å². The number of anilines is 2. The Kier molecular flexibility index (Phi) is 7.28. The lowest BCUT2D eigenvalue weighted by Gasteiger charge is -2.28. The highest BCUT2D eigenvalue weighted by Gasteiger charge is 2.23. The van der Waals surface area contributed by atoms with E-state index in [0.717, 1.165) is 34.6 Å². The molecule has 11 nitrogen and oxygen atoms in total. The van der Waals surface area contributed by atoms with Gasteiger partial charge in [0.1, 0.15) is 11.3 Å². The van der Waals surface area contributed by atoms with Crippen molar-refractivity contribution < 1.29 is 8.42 Å². The summed E-state index contributed by atoms with van der Waals surface area (Å²) >= 11 is 0. The van der Waals surface area contributed by atoms with Crippen LogP contribution in [0.4, 0.5) is 11.6 Å². The molecule has 0 aliphatic carbocycles. The van der Waals surface area contributed by atoms with Gasteiger partial charge in [0.15, 0.2) is 5.65 Å². The molecule has 0 saturated carbocycles. The molecule has 1 aliphatic rings. The van der Waals surface area contributed by atoms with E-state index >= 15 is 0 Å². The lowest BCUT2D eigenvalue weighted by atomic mass is 9.91. The predicted octanol–water partition coefficient (Wildman–Crippen LogP) is 3.46. The number of sulfonamides is 1. The average molecular weight is 565 g/mol. The zero-order chi connectivity index (χ0) is 28.8. The van der Waals surface area contributed by atoms with E-state index in [-0.39, 0.29) is 22.9 Å². The van der Waals surface area contributed by atoms with Gasteiger partial charge in [0.05, 0.1) is 5.69 Å². The van der Waals surface area contributed by atoms with Crippen molar-refractivity contribution in [1.82, 2.24) is 33.9 Å². The maximum Gasteiger partial charge on any atom is 0.278 e. The van der Waals surface area contributed by atoms with Crippen molar-refractivity contribution in [3.63, 3.8) is 0 Å². The third-order valence-corrected chi connectivity index (χ3v) is 8.41. The lowest BCUT2D eigenvalue weighted by molar-refractivity contribution is 0.292. The minimum atomic E-state index is -3.31. The van der Waals surface area contributed by atoms with Gasteiger partial charge in [-0.2, -0.15) is 4.98 Å². The molecule has 4 aromatic rings. The Morgan fingerprint density at radius 1 is 1.07 bits per heavy atom. The molecule has 1 aliphatic heterocycles. The highest BCUT2D eigenvalue weighted by Crippen LogP contribution is 2.27. The van der Waals surface area contributed by atoms with Crippen LogP contribution >= 0.6 is 0 Å². The molecule has 2 N–H and O–H groups in total. The molecule has 0 spiro atoms. The van der Waals surface area contributed by atoms with E-state index in [1.807, 2.05) is 47.7 Å². The molecule has 5 rings (SSSR count). The zero-order valence-electron chi connectivity index (χ0n) is 23.8. The second kappa shape index (κ2) is 10.4. The van der Waals surface area contributed by atoms with Crippen LogP contribution in [0, 0.1) is 0 Å². The Bertz CT molecular complexity index is 1730. The van der Waals surface area contributed by atoms with Gasteiger partial charge in [0.2, 0.25) is 16.0 Å². The topological polar surface area (TPSA) is 127 Å². The minimum absolute atomic E-state index is 0.0246. The quantitative estimate of drug-likeness (QED) is 0.349. The van der Waals surface area contributed by atoms with E-state index in [9.17, 15) is 13.2 Å². The molecule has 3 aromatic heterocycles. The van der Waals surface area contributed by atoms with E-state index < -0.39 is 10.0 Å². The van der Waals surface area contributed by atoms with E-state index in [1.54, 1.807) is 17.1 Å². The molecule has 0 saturated heterocycles. The van der Waals surface area contributed by atoms with Gasteiger partial charge in [0.25, 0.3) is 5.56 Å². The minimum Gasteiger partial charge on any atom is -0.324 e. The second-order valence-corrected chi connectivity index (χ2v) is 13.4. The summed E-state index contributed by atoms with van der Waals surface area (Å²) in [6.45, 7) is 11.5. The SMILES string of the molecule is CNS(=O)(=O)CN1CCc2cc(Nc3ncc4c(=O)n(C(C)C)n(-c5ccnc(C(C)(C)C)c5)c4n3)ccc2C1. The van der Waals surface area contributed by atoms with Crippen LogP contribution in [-0.2, 0) is 28.4 Å². The van der Waals surface area contributed by atoms with Crippen LogP contribution in [0.15, 0.2) is 47.5 Å². The summed E-state index contributed by atoms with van der Waals surface area (Å²) in [6, 6.07) is 9.78. The molecule has 4 heterocycles. The average Bonchev–Trinajstić information content (AvgIpc) is 3.20. The van der Waals surface area contributed by atoms with Crippen LogP contribution in [0.3, 0.4) is 0 Å². The maximum absolute atomic E-state index is 13.4. The van der Waals surface area contributed by atoms with Crippen molar-refractivity contribution in [2.24, 2.45) is 0 Å². The summed E-state index contributed by atoms with van der Waals surface area (Å²) in [6.07, 6.45) is 4.07. The number of aromatic nitrogens is 5. The predicted molar refractivity (Wildman–Crippen MR) is 157 cm³/mol. The molecule has 212 valence electrons. The van der Waals surface area contributed by atoms with Gasteiger partial charge in [-0.3, -0.25) is 14.7 Å². The Hall–Kier alpha value is -3.61. The van der Waals surface area contributed by atoms with E-state index in [0.29, 0.717) is 30.1 Å². The molecule has 0 radical (unpaired) electrons. The summed E-state index contributed by atoms with van der Waals surface area (Å²) in [4.78, 5) is 29.1. The first-order chi connectivity index (χ1) is 18.9. The van der Waals surface area contributed by atoms with E-state index in [1.165, 1.54) is 7.05 Å². The Morgan fingerprint density at radius 2 is 1.85 bits per heavy atom. The van der Waals surface area contributed by atoms with Crippen molar-refractivity contribution in [1.29, 1.82) is 0 Å². The molecule has 12 heteroatoms. The fourth-order valence-corrected chi connectivity index (χ4v) is 5.80. The summed E-state index contributed by atoms with van der Waals surface area (Å²) in [5.74, 6) is 0.355. The molecule has 0 bridgehead atoms. The summed E-state index contributed by atoms with van der Waals surface area (Å²) in [5.41, 5.74) is 5.00. The van der Waals surface area contributed by atoms with Gasteiger partial charge in [-0.1, -0.05) is 26.8 Å². The number of nitrogens with zero attached hydrogens (tertiary/aromatic N) is 6. The number of hydrogen-bond donors (Lipinski definition) is 2. The standard InChI is InChI=1S/C28H36N8O3S/c1-18(2)35-26(37)23-15-31-27(33-25(23)36(35)22-9-11-30-24(14-22)28(3,4)5)32-21-8-7-20-16-34(12-10-19(20)13-21)17-40(38,39)29-6/h7-9,11,13-15,18,29H,10,12,16-17H2,1-6H3,(H,31,32,33). The number of fused-ring (bicyclic) bond motifs is 2. The first-order valence-corrected chi connectivity index (χ1v) is 15.0. The third kappa shape index (κ3) is 5.51. The second-order valence-electron chi connectivity index (χ2n) is 11.5. The number of hydrogen-bond acceptors (Lipinski definition) is 8. The Balaban J connectivity index is 1.49. The van der Waals surface area contributed by atoms with Gasteiger partial charge in [0, 0.05) is 48.3 Å². The van der Waals surface area contributed by atoms with Gasteiger partial charge >= 0.3 is 0 Å². The molecule has 0 atom stereocenters. The molecular formula is C28H36N8O3S.